The highest BCUT2D eigenvalue weighted by Gasteiger charge is 2.11. The van der Waals surface area contributed by atoms with Crippen LogP contribution in [0.15, 0.2) is 18.5 Å². The van der Waals surface area contributed by atoms with Gasteiger partial charge in [0, 0.05) is 25.5 Å². The Labute approximate surface area is 122 Å². The quantitative estimate of drug-likeness (QED) is 0.764. The summed E-state index contributed by atoms with van der Waals surface area (Å²) >= 11 is 0. The van der Waals surface area contributed by atoms with Gasteiger partial charge in [0.15, 0.2) is 0 Å². The molecule has 0 atom stereocenters. The Morgan fingerprint density at radius 2 is 2.10 bits per heavy atom. The summed E-state index contributed by atoms with van der Waals surface area (Å²) in [4.78, 5) is 25.8. The highest BCUT2D eigenvalue weighted by atomic mass is 16.2. The molecule has 1 amide bonds. The molecular formula is C12H18N8O. The lowest BCUT2D eigenvalue weighted by atomic mass is 10.4. The molecule has 0 saturated carbocycles. The van der Waals surface area contributed by atoms with Gasteiger partial charge in [0.25, 0.3) is 5.95 Å². The van der Waals surface area contributed by atoms with Crippen molar-refractivity contribution in [1.29, 1.82) is 0 Å². The molecule has 21 heavy (non-hydrogen) atoms. The molecule has 0 aromatic carbocycles. The minimum atomic E-state index is -0.0281. The Morgan fingerprint density at radius 1 is 1.33 bits per heavy atom. The van der Waals surface area contributed by atoms with Crippen LogP contribution in [0, 0.1) is 0 Å². The monoisotopic (exact) mass is 290 g/mol. The van der Waals surface area contributed by atoms with Crippen molar-refractivity contribution >= 4 is 17.8 Å². The van der Waals surface area contributed by atoms with Crippen molar-refractivity contribution < 1.29 is 4.79 Å². The van der Waals surface area contributed by atoms with E-state index < -0.39 is 0 Å². The Bertz CT molecular complexity index is 593. The molecule has 0 aliphatic carbocycles. The zero-order valence-corrected chi connectivity index (χ0v) is 12.0. The van der Waals surface area contributed by atoms with Gasteiger partial charge in [0.2, 0.25) is 17.8 Å². The number of amides is 1. The highest BCUT2D eigenvalue weighted by molar-refractivity contribution is 5.80. The lowest BCUT2D eigenvalue weighted by molar-refractivity contribution is -0.128. The number of anilines is 2. The Morgan fingerprint density at radius 3 is 2.71 bits per heavy atom. The zero-order valence-electron chi connectivity index (χ0n) is 12.0. The minimum Gasteiger partial charge on any atom is -0.368 e. The number of likely N-dealkylation sites (N-methyl/N-ethyl adjacent to an activating group) is 1. The summed E-state index contributed by atoms with van der Waals surface area (Å²) in [7, 11) is 0. The van der Waals surface area contributed by atoms with Crippen molar-refractivity contribution in [3.8, 4) is 5.95 Å². The number of aromatic nitrogens is 5. The molecule has 2 aromatic rings. The van der Waals surface area contributed by atoms with Gasteiger partial charge in [-0.2, -0.15) is 20.1 Å². The molecule has 3 N–H and O–H groups in total. The number of nitrogen functional groups attached to an aromatic ring is 1. The second-order valence-electron chi connectivity index (χ2n) is 4.19. The summed E-state index contributed by atoms with van der Waals surface area (Å²) in [6.07, 6.45) is 3.30. The van der Waals surface area contributed by atoms with Gasteiger partial charge >= 0.3 is 0 Å². The van der Waals surface area contributed by atoms with Gasteiger partial charge in [-0.25, -0.2) is 4.68 Å². The van der Waals surface area contributed by atoms with Gasteiger partial charge in [0.05, 0.1) is 6.54 Å². The number of hydrogen-bond donors (Lipinski definition) is 2. The zero-order chi connectivity index (χ0) is 15.2. The largest absolute Gasteiger partial charge is 0.368 e. The Hall–Kier alpha value is -2.71. The first-order valence-corrected chi connectivity index (χ1v) is 6.67. The minimum absolute atomic E-state index is 0.0281. The second-order valence-corrected chi connectivity index (χ2v) is 4.19. The average Bonchev–Trinajstić information content (AvgIpc) is 3.00. The number of hydrogen-bond acceptors (Lipinski definition) is 7. The molecule has 0 radical (unpaired) electrons. The number of rotatable bonds is 6. The number of carbonyl (C=O) groups is 1. The smallest absolute Gasteiger partial charge is 0.257 e. The maximum atomic E-state index is 11.9. The first-order chi connectivity index (χ1) is 10.1. The van der Waals surface area contributed by atoms with E-state index in [0.29, 0.717) is 19.0 Å². The third kappa shape index (κ3) is 3.65. The van der Waals surface area contributed by atoms with Gasteiger partial charge < -0.3 is 16.0 Å². The molecule has 0 bridgehead atoms. The lowest BCUT2D eigenvalue weighted by Crippen LogP contribution is -2.35. The van der Waals surface area contributed by atoms with Crippen LogP contribution in [0.4, 0.5) is 11.9 Å². The highest BCUT2D eigenvalue weighted by Crippen LogP contribution is 2.06. The van der Waals surface area contributed by atoms with Crippen LogP contribution in [0.5, 0.6) is 0 Å². The van der Waals surface area contributed by atoms with E-state index in [1.54, 1.807) is 23.4 Å². The summed E-state index contributed by atoms with van der Waals surface area (Å²) < 4.78 is 1.47. The van der Waals surface area contributed by atoms with Crippen molar-refractivity contribution in [2.75, 3.05) is 30.7 Å². The standard InChI is InChI=1S/C12H18N8O/c1-3-19(4-2)9(21)8-14-11-16-10(13)17-12(18-11)20-7-5-6-15-20/h5-7H,3-4,8H2,1-2H3,(H3,13,14,16,17,18). The number of nitrogens with zero attached hydrogens (tertiary/aromatic N) is 6. The van der Waals surface area contributed by atoms with Gasteiger partial charge in [0.1, 0.15) is 0 Å². The second kappa shape index (κ2) is 6.64. The normalized spacial score (nSPS) is 10.4. The topological polar surface area (TPSA) is 115 Å². The van der Waals surface area contributed by atoms with E-state index in [9.17, 15) is 4.79 Å². The molecule has 0 saturated heterocycles. The predicted octanol–water partition coefficient (Wildman–Crippen LogP) is -0.0802. The van der Waals surface area contributed by atoms with E-state index in [4.69, 9.17) is 5.73 Å². The van der Waals surface area contributed by atoms with E-state index in [-0.39, 0.29) is 24.3 Å². The van der Waals surface area contributed by atoms with Crippen molar-refractivity contribution in [3.63, 3.8) is 0 Å². The van der Waals surface area contributed by atoms with Crippen LogP contribution >= 0.6 is 0 Å². The van der Waals surface area contributed by atoms with Crippen molar-refractivity contribution in [2.24, 2.45) is 0 Å². The molecule has 9 heteroatoms. The summed E-state index contributed by atoms with van der Waals surface area (Å²) in [6, 6.07) is 1.75. The molecule has 0 aliphatic rings. The summed E-state index contributed by atoms with van der Waals surface area (Å²) in [6.45, 7) is 5.28. The predicted molar refractivity (Wildman–Crippen MR) is 77.8 cm³/mol. The molecule has 2 aromatic heterocycles. The van der Waals surface area contributed by atoms with Crippen LogP contribution < -0.4 is 11.1 Å². The number of nitrogens with two attached hydrogens (primary N) is 1. The van der Waals surface area contributed by atoms with Gasteiger partial charge in [-0.15, -0.1) is 0 Å². The average molecular weight is 290 g/mol. The third-order valence-electron chi connectivity index (χ3n) is 2.86. The van der Waals surface area contributed by atoms with Crippen molar-refractivity contribution in [1.82, 2.24) is 29.6 Å². The maximum absolute atomic E-state index is 11.9. The van der Waals surface area contributed by atoms with Gasteiger partial charge in [-0.3, -0.25) is 4.79 Å². The molecule has 112 valence electrons. The van der Waals surface area contributed by atoms with E-state index in [1.807, 2.05) is 13.8 Å². The van der Waals surface area contributed by atoms with Crippen LogP contribution in [0.3, 0.4) is 0 Å². The summed E-state index contributed by atoms with van der Waals surface area (Å²) in [5.41, 5.74) is 5.65. The van der Waals surface area contributed by atoms with E-state index in [2.05, 4.69) is 25.4 Å². The molecule has 2 rings (SSSR count). The fraction of sp³-hybridized carbons (Fsp3) is 0.417. The maximum Gasteiger partial charge on any atom is 0.257 e. The molecule has 2 heterocycles. The molecule has 0 spiro atoms. The number of nitrogens with one attached hydrogen (secondary N) is 1. The molecular weight excluding hydrogens is 272 g/mol. The van der Waals surface area contributed by atoms with Gasteiger partial charge in [-0.05, 0) is 19.9 Å². The Kier molecular flexibility index (Phi) is 4.64. The SMILES string of the molecule is CCN(CC)C(=O)CNc1nc(N)nc(-n2cccn2)n1. The van der Waals surface area contributed by atoms with E-state index in [0.717, 1.165) is 0 Å². The first kappa shape index (κ1) is 14.7. The molecule has 0 unspecified atom stereocenters. The number of carbonyl (C=O) groups excluding carboxylic acids is 1. The lowest BCUT2D eigenvalue weighted by Gasteiger charge is -2.18. The van der Waals surface area contributed by atoms with Gasteiger partial charge in [-0.1, -0.05) is 0 Å². The fourth-order valence-corrected chi connectivity index (χ4v) is 1.79. The summed E-state index contributed by atoms with van der Waals surface area (Å²) in [5, 5.41) is 6.89. The van der Waals surface area contributed by atoms with E-state index in [1.165, 1.54) is 4.68 Å². The van der Waals surface area contributed by atoms with Crippen LogP contribution in [-0.2, 0) is 4.79 Å². The van der Waals surface area contributed by atoms with Crippen LogP contribution in [-0.4, -0.2) is 55.2 Å². The van der Waals surface area contributed by atoms with Crippen molar-refractivity contribution in [3.05, 3.63) is 18.5 Å². The molecule has 0 fully saturated rings. The first-order valence-electron chi connectivity index (χ1n) is 6.67. The van der Waals surface area contributed by atoms with Crippen molar-refractivity contribution in [2.45, 2.75) is 13.8 Å². The van der Waals surface area contributed by atoms with Crippen LogP contribution in [0.2, 0.25) is 0 Å². The Balaban J connectivity index is 2.09. The summed E-state index contributed by atoms with van der Waals surface area (Å²) in [5.74, 6) is 0.576. The van der Waals surface area contributed by atoms with Crippen LogP contribution in [0.25, 0.3) is 5.95 Å². The molecule has 9 nitrogen and oxygen atoms in total. The molecule has 0 aliphatic heterocycles. The fourth-order valence-electron chi connectivity index (χ4n) is 1.79. The third-order valence-corrected chi connectivity index (χ3v) is 2.86. The van der Waals surface area contributed by atoms with Crippen LogP contribution in [0.1, 0.15) is 13.8 Å². The van der Waals surface area contributed by atoms with E-state index >= 15 is 0 Å².